The number of carbonyl (C=O) groups is 2. The number of benzene rings is 3. The fourth-order valence-corrected chi connectivity index (χ4v) is 5.50. The van der Waals surface area contributed by atoms with Crippen molar-refractivity contribution < 1.29 is 27.5 Å². The Morgan fingerprint density at radius 3 is 2.38 bits per heavy atom. The van der Waals surface area contributed by atoms with E-state index in [4.69, 9.17) is 16.3 Å². The summed E-state index contributed by atoms with van der Waals surface area (Å²) in [6, 6.07) is 12.5. The van der Waals surface area contributed by atoms with Crippen molar-refractivity contribution in [2.24, 2.45) is 5.92 Å². The van der Waals surface area contributed by atoms with Gasteiger partial charge in [-0.15, -0.1) is 0 Å². The van der Waals surface area contributed by atoms with Crippen molar-refractivity contribution in [3.8, 4) is 5.69 Å². The number of nitrogens with zero attached hydrogens (tertiary/aromatic N) is 2. The van der Waals surface area contributed by atoms with E-state index in [1.54, 1.807) is 31.2 Å². The second-order valence-electron chi connectivity index (χ2n) is 9.84. The number of carbonyl (C=O) groups excluding carboxylic acids is 2. The Kier molecular flexibility index (Phi) is 8.12. The van der Waals surface area contributed by atoms with Crippen LogP contribution in [0.25, 0.3) is 16.6 Å². The minimum Gasteiger partial charge on any atom is -0.462 e. The first-order chi connectivity index (χ1) is 19.3. The molecule has 6 nitrogen and oxygen atoms in total. The van der Waals surface area contributed by atoms with Crippen molar-refractivity contribution in [3.05, 3.63) is 88.3 Å². The number of nitrogens with one attached hydrogen (secondary N) is 1. The van der Waals surface area contributed by atoms with Crippen LogP contribution in [0.15, 0.2) is 54.6 Å². The summed E-state index contributed by atoms with van der Waals surface area (Å²) in [4.78, 5) is 26.0. The third-order valence-corrected chi connectivity index (χ3v) is 7.51. The molecule has 1 atom stereocenters. The molecule has 1 amide bonds. The molecule has 0 radical (unpaired) electrons. The van der Waals surface area contributed by atoms with Gasteiger partial charge in [0.05, 0.1) is 40.7 Å². The Balaban J connectivity index is 1.62. The first-order valence-corrected chi connectivity index (χ1v) is 13.6. The van der Waals surface area contributed by atoms with E-state index in [1.165, 1.54) is 16.8 Å². The molecule has 1 aliphatic rings. The fourth-order valence-electron chi connectivity index (χ4n) is 5.38. The zero-order valence-corrected chi connectivity index (χ0v) is 22.5. The predicted molar refractivity (Wildman–Crippen MR) is 146 cm³/mol. The number of amides is 1. The van der Waals surface area contributed by atoms with Crippen LogP contribution in [0, 0.1) is 23.4 Å². The minimum absolute atomic E-state index is 0.0190. The molecule has 0 aliphatic heterocycles. The highest BCUT2D eigenvalue weighted by Gasteiger charge is 2.36. The Morgan fingerprint density at radius 2 is 1.70 bits per heavy atom. The second-order valence-corrected chi connectivity index (χ2v) is 10.3. The summed E-state index contributed by atoms with van der Waals surface area (Å²) in [5.41, 5.74) is 1.02. The molecular weight excluding hydrogens is 543 g/mol. The largest absolute Gasteiger partial charge is 0.462 e. The summed E-state index contributed by atoms with van der Waals surface area (Å²) >= 11 is 6.09. The summed E-state index contributed by atoms with van der Waals surface area (Å²) in [6.07, 6.45) is 4.25. The van der Waals surface area contributed by atoms with Gasteiger partial charge in [0.2, 0.25) is 5.91 Å². The maximum absolute atomic E-state index is 15.0. The van der Waals surface area contributed by atoms with Gasteiger partial charge in [0, 0.05) is 16.5 Å². The number of halogens is 4. The fraction of sp³-hybridized carbons (Fsp3) is 0.300. The molecule has 4 aromatic rings. The summed E-state index contributed by atoms with van der Waals surface area (Å²) in [5, 5.41) is 8.00. The van der Waals surface area contributed by atoms with E-state index in [0.717, 1.165) is 50.3 Å². The molecular formula is C30H27ClF3N3O3. The smallest absolute Gasteiger partial charge is 0.338 e. The van der Waals surface area contributed by atoms with E-state index in [-0.39, 0.29) is 34.7 Å². The van der Waals surface area contributed by atoms with Crippen LogP contribution in [0.4, 0.5) is 18.9 Å². The SMILES string of the molecule is CCOC(=O)c1ccc(NC(=O)C(c2c3cc(F)c(F)cc3nn2-c2ccc(Cl)cc2)C2CCCCC2)c(F)c1. The van der Waals surface area contributed by atoms with Crippen LogP contribution in [-0.2, 0) is 9.53 Å². The van der Waals surface area contributed by atoms with Crippen molar-refractivity contribution in [1.82, 2.24) is 9.78 Å². The molecule has 10 heteroatoms. The molecule has 1 N–H and O–H groups in total. The normalized spacial score (nSPS) is 14.7. The first kappa shape index (κ1) is 27.7. The average molecular weight is 570 g/mol. The summed E-state index contributed by atoms with van der Waals surface area (Å²) in [6.45, 7) is 1.79. The van der Waals surface area contributed by atoms with Crippen molar-refractivity contribution in [1.29, 1.82) is 0 Å². The van der Waals surface area contributed by atoms with Crippen LogP contribution in [0.5, 0.6) is 0 Å². The number of fused-ring (bicyclic) bond motifs is 1. The first-order valence-electron chi connectivity index (χ1n) is 13.2. The molecule has 1 saturated carbocycles. The summed E-state index contributed by atoms with van der Waals surface area (Å²) in [7, 11) is 0. The predicted octanol–water partition coefficient (Wildman–Crippen LogP) is 7.58. The lowest BCUT2D eigenvalue weighted by Crippen LogP contribution is -2.31. The molecule has 1 aliphatic carbocycles. The molecule has 5 rings (SSSR count). The molecule has 208 valence electrons. The van der Waals surface area contributed by atoms with Gasteiger partial charge >= 0.3 is 5.97 Å². The second kappa shape index (κ2) is 11.7. The van der Waals surface area contributed by atoms with E-state index in [0.29, 0.717) is 16.4 Å². The number of rotatable bonds is 7. The van der Waals surface area contributed by atoms with Gasteiger partial charge in [-0.3, -0.25) is 4.79 Å². The van der Waals surface area contributed by atoms with Gasteiger partial charge in [0.25, 0.3) is 0 Å². The molecule has 0 spiro atoms. The summed E-state index contributed by atoms with van der Waals surface area (Å²) in [5.74, 6) is -5.13. The highest BCUT2D eigenvalue weighted by atomic mass is 35.5. The number of aromatic nitrogens is 2. The van der Waals surface area contributed by atoms with E-state index in [2.05, 4.69) is 10.4 Å². The topological polar surface area (TPSA) is 73.2 Å². The maximum Gasteiger partial charge on any atom is 0.338 e. The van der Waals surface area contributed by atoms with Gasteiger partial charge in [-0.25, -0.2) is 22.6 Å². The third-order valence-electron chi connectivity index (χ3n) is 7.26. The summed E-state index contributed by atoms with van der Waals surface area (Å²) < 4.78 is 50.3. The lowest BCUT2D eigenvalue weighted by Gasteiger charge is -2.30. The molecule has 1 unspecified atom stereocenters. The van der Waals surface area contributed by atoms with Gasteiger partial charge in [-0.2, -0.15) is 5.10 Å². The van der Waals surface area contributed by atoms with Crippen molar-refractivity contribution in [3.63, 3.8) is 0 Å². The van der Waals surface area contributed by atoms with Crippen LogP contribution < -0.4 is 5.32 Å². The van der Waals surface area contributed by atoms with Gasteiger partial charge in [-0.1, -0.05) is 30.9 Å². The van der Waals surface area contributed by atoms with Crippen LogP contribution in [0.3, 0.4) is 0 Å². The Morgan fingerprint density at radius 1 is 1.00 bits per heavy atom. The highest BCUT2D eigenvalue weighted by molar-refractivity contribution is 6.30. The zero-order valence-electron chi connectivity index (χ0n) is 21.7. The number of hydrogen-bond donors (Lipinski definition) is 1. The van der Waals surface area contributed by atoms with E-state index in [1.807, 2.05) is 0 Å². The van der Waals surface area contributed by atoms with Crippen molar-refractivity contribution >= 4 is 40.1 Å². The quantitative estimate of drug-likeness (QED) is 0.233. The maximum atomic E-state index is 15.0. The average Bonchev–Trinajstić information content (AvgIpc) is 3.29. The molecule has 1 fully saturated rings. The van der Waals surface area contributed by atoms with Crippen LogP contribution in [0.1, 0.15) is 61.0 Å². The van der Waals surface area contributed by atoms with E-state index in [9.17, 15) is 18.4 Å². The van der Waals surface area contributed by atoms with Crippen LogP contribution in [-0.4, -0.2) is 28.3 Å². The van der Waals surface area contributed by atoms with Gasteiger partial charge < -0.3 is 10.1 Å². The van der Waals surface area contributed by atoms with Crippen LogP contribution in [0.2, 0.25) is 5.02 Å². The van der Waals surface area contributed by atoms with Crippen LogP contribution >= 0.6 is 11.6 Å². The lowest BCUT2D eigenvalue weighted by molar-refractivity contribution is -0.119. The Bertz CT molecular complexity index is 1570. The standard InChI is InChI=1S/C30H27ClF3N3O3/c1-2-40-30(39)18-8-13-25(24(34)14-18)35-29(38)27(17-6-4-3-5-7-17)28-21-15-22(32)23(33)16-26(21)36-37(28)20-11-9-19(31)10-12-20/h8-17,27H,2-7H2,1H3,(H,35,38). The number of hydrogen-bond acceptors (Lipinski definition) is 4. The monoisotopic (exact) mass is 569 g/mol. The zero-order chi connectivity index (χ0) is 28.4. The molecule has 3 aromatic carbocycles. The molecule has 1 heterocycles. The number of ether oxygens (including phenoxy) is 1. The van der Waals surface area contributed by atoms with E-state index < -0.39 is 35.2 Å². The van der Waals surface area contributed by atoms with Gasteiger partial charge in [0.1, 0.15) is 5.82 Å². The highest BCUT2D eigenvalue weighted by Crippen LogP contribution is 2.41. The molecule has 0 saturated heterocycles. The number of anilines is 1. The van der Waals surface area contributed by atoms with Crippen molar-refractivity contribution in [2.75, 3.05) is 11.9 Å². The number of esters is 1. The lowest BCUT2D eigenvalue weighted by atomic mass is 9.77. The molecule has 0 bridgehead atoms. The van der Waals surface area contributed by atoms with Crippen molar-refractivity contribution in [2.45, 2.75) is 44.9 Å². The Hall–Kier alpha value is -3.85. The third kappa shape index (κ3) is 5.56. The van der Waals surface area contributed by atoms with Gasteiger partial charge in [0.15, 0.2) is 11.6 Å². The Labute approximate surface area is 234 Å². The molecule has 40 heavy (non-hydrogen) atoms. The minimum atomic E-state index is -1.06. The van der Waals surface area contributed by atoms with E-state index >= 15 is 4.39 Å². The van der Waals surface area contributed by atoms with Gasteiger partial charge in [-0.05, 0) is 74.2 Å². The molecule has 1 aromatic heterocycles.